The molecular formula is C13H14ClNO. The first-order valence-electron chi connectivity index (χ1n) is 5.48. The number of Topliss-reactive ketones (excluding diaryl/α,β-unsaturated/α-hetero) is 1. The zero-order valence-electron chi connectivity index (χ0n) is 9.00. The molecule has 0 spiro atoms. The molecule has 0 atom stereocenters. The zero-order chi connectivity index (χ0) is 11.5. The van der Waals surface area contributed by atoms with Crippen molar-refractivity contribution >= 4 is 23.1 Å². The Morgan fingerprint density at radius 2 is 2.12 bits per heavy atom. The van der Waals surface area contributed by atoms with Crippen LogP contribution in [0, 0.1) is 0 Å². The summed E-state index contributed by atoms with van der Waals surface area (Å²) in [6, 6.07) is 5.17. The predicted molar refractivity (Wildman–Crippen MR) is 66.7 cm³/mol. The first kappa shape index (κ1) is 11.2. The second-order valence-electron chi connectivity index (χ2n) is 4.01. The zero-order valence-corrected chi connectivity index (χ0v) is 9.76. The van der Waals surface area contributed by atoms with E-state index in [1.807, 2.05) is 6.08 Å². The van der Waals surface area contributed by atoms with Gasteiger partial charge in [0.25, 0.3) is 0 Å². The Kier molecular flexibility index (Phi) is 3.30. The monoisotopic (exact) mass is 235 g/mol. The minimum absolute atomic E-state index is 0.0113. The first-order chi connectivity index (χ1) is 7.70. The quantitative estimate of drug-likeness (QED) is 0.629. The molecule has 0 aliphatic heterocycles. The Labute approximate surface area is 100 Å². The first-order valence-corrected chi connectivity index (χ1v) is 5.85. The van der Waals surface area contributed by atoms with Crippen molar-refractivity contribution in [1.29, 1.82) is 0 Å². The van der Waals surface area contributed by atoms with E-state index in [-0.39, 0.29) is 5.78 Å². The average Bonchev–Trinajstić information content (AvgIpc) is 2.30. The van der Waals surface area contributed by atoms with Crippen molar-refractivity contribution in [2.75, 3.05) is 5.73 Å². The number of benzene rings is 1. The van der Waals surface area contributed by atoms with Crippen LogP contribution in [0.3, 0.4) is 0 Å². The topological polar surface area (TPSA) is 43.1 Å². The molecule has 0 saturated heterocycles. The SMILES string of the molecule is Nc1cccc(Cl)c1C(=O)C1=CCCCC1. The Morgan fingerprint density at radius 1 is 1.31 bits per heavy atom. The highest BCUT2D eigenvalue weighted by molar-refractivity contribution is 6.35. The van der Waals surface area contributed by atoms with Crippen molar-refractivity contribution in [3.8, 4) is 0 Å². The van der Waals surface area contributed by atoms with Gasteiger partial charge in [-0.25, -0.2) is 0 Å². The number of hydrogen-bond donors (Lipinski definition) is 1. The van der Waals surface area contributed by atoms with Gasteiger partial charge in [0.05, 0.1) is 10.6 Å². The molecule has 0 heterocycles. The van der Waals surface area contributed by atoms with Gasteiger partial charge in [-0.05, 0) is 43.4 Å². The minimum atomic E-state index is -0.0113. The maximum atomic E-state index is 12.2. The molecule has 2 rings (SSSR count). The molecular weight excluding hydrogens is 222 g/mol. The third kappa shape index (κ3) is 2.12. The number of anilines is 1. The van der Waals surface area contributed by atoms with Crippen LogP contribution >= 0.6 is 11.6 Å². The summed E-state index contributed by atoms with van der Waals surface area (Å²) in [6.07, 6.45) is 6.06. The van der Waals surface area contributed by atoms with Crippen LogP contribution in [0.2, 0.25) is 5.02 Å². The predicted octanol–water partition coefficient (Wildman–Crippen LogP) is 3.61. The van der Waals surface area contributed by atoms with Gasteiger partial charge in [0, 0.05) is 5.69 Å². The molecule has 1 aliphatic rings. The lowest BCUT2D eigenvalue weighted by Gasteiger charge is -2.13. The molecule has 1 aromatic rings. The Hall–Kier alpha value is -1.28. The maximum Gasteiger partial charge on any atom is 0.192 e. The molecule has 3 heteroatoms. The number of hydrogen-bond acceptors (Lipinski definition) is 2. The lowest BCUT2D eigenvalue weighted by Crippen LogP contribution is -2.09. The fourth-order valence-electron chi connectivity index (χ4n) is 1.99. The van der Waals surface area contributed by atoms with Crippen molar-refractivity contribution in [1.82, 2.24) is 0 Å². The van der Waals surface area contributed by atoms with Crippen LogP contribution in [0.15, 0.2) is 29.8 Å². The highest BCUT2D eigenvalue weighted by Crippen LogP contribution is 2.28. The van der Waals surface area contributed by atoms with E-state index in [2.05, 4.69) is 0 Å². The summed E-state index contributed by atoms with van der Waals surface area (Å²) in [5.41, 5.74) is 7.57. The van der Waals surface area contributed by atoms with Crippen molar-refractivity contribution in [3.05, 3.63) is 40.4 Å². The van der Waals surface area contributed by atoms with Crippen LogP contribution in [-0.2, 0) is 0 Å². The van der Waals surface area contributed by atoms with E-state index in [0.29, 0.717) is 16.3 Å². The van der Waals surface area contributed by atoms with Crippen LogP contribution in [0.25, 0.3) is 0 Å². The second-order valence-corrected chi connectivity index (χ2v) is 4.42. The number of nitrogens with two attached hydrogens (primary N) is 1. The fraction of sp³-hybridized carbons (Fsp3) is 0.308. The Balaban J connectivity index is 2.37. The van der Waals surface area contributed by atoms with Gasteiger partial charge in [-0.1, -0.05) is 23.7 Å². The van der Waals surface area contributed by atoms with Gasteiger partial charge in [0.1, 0.15) is 0 Å². The fourth-order valence-corrected chi connectivity index (χ4v) is 2.25. The number of carbonyl (C=O) groups is 1. The van der Waals surface area contributed by atoms with E-state index in [4.69, 9.17) is 17.3 Å². The van der Waals surface area contributed by atoms with Crippen LogP contribution in [-0.4, -0.2) is 5.78 Å². The second kappa shape index (κ2) is 4.71. The summed E-state index contributed by atoms with van der Waals surface area (Å²) < 4.78 is 0. The van der Waals surface area contributed by atoms with E-state index < -0.39 is 0 Å². The Morgan fingerprint density at radius 3 is 2.75 bits per heavy atom. The smallest absolute Gasteiger partial charge is 0.192 e. The van der Waals surface area contributed by atoms with Crippen molar-refractivity contribution in [2.45, 2.75) is 25.7 Å². The van der Waals surface area contributed by atoms with Crippen molar-refractivity contribution < 1.29 is 4.79 Å². The summed E-state index contributed by atoms with van der Waals surface area (Å²) in [5.74, 6) is -0.0113. The number of nitrogen functional groups attached to an aromatic ring is 1. The van der Waals surface area contributed by atoms with Crippen LogP contribution in [0.5, 0.6) is 0 Å². The van der Waals surface area contributed by atoms with E-state index >= 15 is 0 Å². The molecule has 84 valence electrons. The number of rotatable bonds is 2. The van der Waals surface area contributed by atoms with E-state index in [0.717, 1.165) is 31.3 Å². The molecule has 0 aromatic heterocycles. The molecule has 0 fully saturated rings. The van der Waals surface area contributed by atoms with Crippen LogP contribution < -0.4 is 5.73 Å². The van der Waals surface area contributed by atoms with Crippen molar-refractivity contribution in [2.24, 2.45) is 0 Å². The normalized spacial score (nSPS) is 15.7. The molecule has 2 N–H and O–H groups in total. The summed E-state index contributed by atoms with van der Waals surface area (Å²) in [6.45, 7) is 0. The maximum absolute atomic E-state index is 12.2. The third-order valence-corrected chi connectivity index (χ3v) is 3.17. The summed E-state index contributed by atoms with van der Waals surface area (Å²) >= 11 is 6.02. The molecule has 0 amide bonds. The molecule has 0 radical (unpaired) electrons. The molecule has 0 saturated carbocycles. The van der Waals surface area contributed by atoms with Crippen molar-refractivity contribution in [3.63, 3.8) is 0 Å². The number of halogens is 1. The highest BCUT2D eigenvalue weighted by Gasteiger charge is 2.19. The van der Waals surface area contributed by atoms with Crippen LogP contribution in [0.1, 0.15) is 36.0 Å². The van der Waals surface area contributed by atoms with Gasteiger partial charge in [-0.15, -0.1) is 0 Å². The largest absolute Gasteiger partial charge is 0.398 e. The van der Waals surface area contributed by atoms with E-state index in [1.54, 1.807) is 18.2 Å². The molecule has 1 aliphatic carbocycles. The summed E-state index contributed by atoms with van der Waals surface area (Å²) in [4.78, 5) is 12.2. The third-order valence-electron chi connectivity index (χ3n) is 2.86. The lowest BCUT2D eigenvalue weighted by atomic mass is 9.92. The van der Waals surface area contributed by atoms with Gasteiger partial charge in [0.15, 0.2) is 5.78 Å². The van der Waals surface area contributed by atoms with E-state index in [9.17, 15) is 4.79 Å². The van der Waals surface area contributed by atoms with Crippen LogP contribution in [0.4, 0.5) is 5.69 Å². The average molecular weight is 236 g/mol. The molecule has 16 heavy (non-hydrogen) atoms. The summed E-state index contributed by atoms with van der Waals surface area (Å²) in [7, 11) is 0. The minimum Gasteiger partial charge on any atom is -0.398 e. The molecule has 0 unspecified atom stereocenters. The Bertz CT molecular complexity index is 431. The molecule has 2 nitrogen and oxygen atoms in total. The summed E-state index contributed by atoms with van der Waals surface area (Å²) in [5, 5.41) is 0.441. The number of allylic oxidation sites excluding steroid dienone is 2. The van der Waals surface area contributed by atoms with E-state index in [1.165, 1.54) is 0 Å². The van der Waals surface area contributed by atoms with Gasteiger partial charge in [0.2, 0.25) is 0 Å². The highest BCUT2D eigenvalue weighted by atomic mass is 35.5. The lowest BCUT2D eigenvalue weighted by molar-refractivity contribution is 0.103. The van der Waals surface area contributed by atoms with Gasteiger partial charge in [-0.3, -0.25) is 4.79 Å². The van der Waals surface area contributed by atoms with Gasteiger partial charge in [-0.2, -0.15) is 0 Å². The molecule has 0 bridgehead atoms. The molecule has 1 aromatic carbocycles. The number of carbonyl (C=O) groups excluding carboxylic acids is 1. The number of ketones is 1. The standard InChI is InChI=1S/C13H14ClNO/c14-10-7-4-8-11(15)12(10)13(16)9-5-2-1-3-6-9/h4-5,7-8H,1-3,6,15H2. The van der Waals surface area contributed by atoms with Gasteiger partial charge < -0.3 is 5.73 Å². The van der Waals surface area contributed by atoms with Gasteiger partial charge >= 0.3 is 0 Å².